The largest absolute Gasteiger partial charge is 0.455 e. The van der Waals surface area contributed by atoms with E-state index in [4.69, 9.17) is 13.3 Å². The maximum Gasteiger partial charge on any atom is 0.297 e. The molecule has 13 nitrogen and oxygen atoms in total. The van der Waals surface area contributed by atoms with Crippen LogP contribution in [0.2, 0.25) is 0 Å². The Balaban J connectivity index is 0.0000000957. The van der Waals surface area contributed by atoms with Gasteiger partial charge in [-0.25, -0.2) is 13.5 Å². The summed E-state index contributed by atoms with van der Waals surface area (Å²) in [7, 11) is 10.5. The number of aromatic nitrogens is 10. The molecule has 0 aliphatic carbocycles. The number of benzene rings is 10. The summed E-state index contributed by atoms with van der Waals surface area (Å²) in [5, 5.41) is 9.55. The lowest BCUT2D eigenvalue weighted by atomic mass is 10.0. The number of hydrogen-bond donors (Lipinski definition) is 0. The predicted octanol–water partition coefficient (Wildman–Crippen LogP) is 21.7. The van der Waals surface area contributed by atoms with Gasteiger partial charge in [0, 0.05) is 55.2 Å². The van der Waals surface area contributed by atoms with Crippen molar-refractivity contribution < 1.29 is 36.0 Å². The van der Waals surface area contributed by atoms with Gasteiger partial charge in [-0.3, -0.25) is 0 Å². The van der Waals surface area contributed by atoms with Crippen molar-refractivity contribution in [1.29, 1.82) is 0 Å². The van der Waals surface area contributed by atoms with E-state index in [0.29, 0.717) is 0 Å². The molecule has 0 radical (unpaired) electrons. The van der Waals surface area contributed by atoms with E-state index in [-0.39, 0.29) is 0 Å². The van der Waals surface area contributed by atoms with Crippen molar-refractivity contribution in [3.8, 4) is 56.4 Å². The average Bonchev–Trinajstić information content (AvgIpc) is 1.60. The molecule has 0 fully saturated rings. The third-order valence-corrected chi connectivity index (χ3v) is 22.7. The van der Waals surface area contributed by atoms with E-state index in [0.717, 1.165) is 83.8 Å². The summed E-state index contributed by atoms with van der Waals surface area (Å²) in [6.45, 7) is 10.8. The lowest BCUT2D eigenvalue weighted by molar-refractivity contribution is -0.739. The van der Waals surface area contributed by atoms with Gasteiger partial charge in [0.25, 0.3) is 11.5 Å². The standard InChI is InChI=1S/3C21H17N2O.2C19H17N2/c1-14-10-11-17-16-8-3-4-9-18(16)24-20(17)19(14)21-22(2)13-15-7-5-6-12-23(15)21;1-14-9-11-17-16-7-3-4-8-19(16)24-21(17)20(14)18-12-10-15-6-5-13-22(2)23(15)18;1-14-10-11-16-15-7-3-4-8-18(15)24-21(16)20(14)17-13-23-12-6-5-9-19(23)22(17)2;1-14-7-3-5-9-17(14)19-13-21-16(12-20(19)2)11-15-8-4-6-10-18(15)21;1-14-7-3-5-9-16(14)19-18-13-15-8-4-6-10-17(15)21(18)12-11-20(19)2/h3*3-13H,1-2H3;2*3-13H,1-2H3/q5*+1. The quantitative estimate of drug-likeness (QED) is 0.161. The number of pyridine rings is 2. The van der Waals surface area contributed by atoms with Gasteiger partial charge in [-0.05, 0) is 153 Å². The van der Waals surface area contributed by atoms with Crippen molar-refractivity contribution in [2.24, 2.45) is 35.2 Å². The first-order valence-corrected chi connectivity index (χ1v) is 38.7. The molecule has 0 bridgehead atoms. The highest BCUT2D eigenvalue weighted by atomic mass is 16.3. The minimum atomic E-state index is 0.933. The first-order chi connectivity index (χ1) is 55.7. The SMILES string of the molecule is Cc1ccc2c(oc3ccccc32)c1-c1c[n+]2ccccc2n1C.Cc1ccc2c(oc3ccccc32)c1-c1ccc2ccc[n+](C)n12.Cc1ccc2c(oc3ccccc32)c1-c1n2ccccc2c[n+]1C.Cc1ccccc1-c1c2cc3ccccc3n2cc[n+]1C.Cc1ccccc1-c1cn2c(cc3ccccc32)c[n+]1C. The second-order valence-corrected chi connectivity index (χ2v) is 29.9. The molecule has 114 heavy (non-hydrogen) atoms. The zero-order valence-electron chi connectivity index (χ0n) is 65.5. The van der Waals surface area contributed by atoms with Crippen molar-refractivity contribution in [3.05, 3.63) is 363 Å². The summed E-state index contributed by atoms with van der Waals surface area (Å²) in [5.74, 6) is 1.13. The monoisotopic (exact) mass is 1490 g/mol. The summed E-state index contributed by atoms with van der Waals surface area (Å²) < 4.78 is 40.8. The molecule has 13 heterocycles. The van der Waals surface area contributed by atoms with Crippen LogP contribution in [0.5, 0.6) is 0 Å². The molecule has 23 aromatic rings. The van der Waals surface area contributed by atoms with Crippen LogP contribution in [-0.2, 0) is 35.2 Å². The highest BCUT2D eigenvalue weighted by molar-refractivity contribution is 6.12. The van der Waals surface area contributed by atoms with Crippen molar-refractivity contribution in [2.75, 3.05) is 0 Å². The minimum Gasteiger partial charge on any atom is -0.455 e. The second kappa shape index (κ2) is 28.5. The molecule has 0 aliphatic rings. The Labute approximate surface area is 658 Å². The van der Waals surface area contributed by atoms with Crippen LogP contribution in [0.25, 0.3) is 172 Å². The van der Waals surface area contributed by atoms with Gasteiger partial charge in [-0.1, -0.05) is 176 Å². The predicted molar refractivity (Wildman–Crippen MR) is 461 cm³/mol. The van der Waals surface area contributed by atoms with Crippen molar-refractivity contribution in [1.82, 2.24) is 22.3 Å². The van der Waals surface area contributed by atoms with Gasteiger partial charge < -0.3 is 22.1 Å². The zero-order valence-corrected chi connectivity index (χ0v) is 65.5. The average molecular weight is 1490 g/mol. The first-order valence-electron chi connectivity index (χ1n) is 38.7. The number of hydrogen-bond acceptors (Lipinski definition) is 3. The Hall–Kier alpha value is -14.4. The summed E-state index contributed by atoms with van der Waals surface area (Å²) in [4.78, 5) is 0. The Kier molecular flexibility index (Phi) is 17.5. The third-order valence-electron chi connectivity index (χ3n) is 22.7. The number of furan rings is 3. The van der Waals surface area contributed by atoms with Gasteiger partial charge in [0.2, 0.25) is 11.4 Å². The Bertz CT molecular complexity index is 7700. The van der Waals surface area contributed by atoms with Crippen LogP contribution in [0, 0.1) is 34.6 Å². The van der Waals surface area contributed by atoms with Crippen LogP contribution in [0.1, 0.15) is 27.8 Å². The third kappa shape index (κ3) is 12.0. The fourth-order valence-electron chi connectivity index (χ4n) is 17.1. The van der Waals surface area contributed by atoms with Crippen LogP contribution in [0.4, 0.5) is 0 Å². The van der Waals surface area contributed by atoms with Crippen LogP contribution >= 0.6 is 0 Å². The molecule has 0 atom stereocenters. The number of fused-ring (bicyclic) bond motifs is 18. The molecule has 0 N–H and O–H groups in total. The summed E-state index contributed by atoms with van der Waals surface area (Å²) >= 11 is 0. The van der Waals surface area contributed by atoms with Crippen LogP contribution in [0.3, 0.4) is 0 Å². The topological polar surface area (TPSA) is 81.6 Å². The lowest BCUT2D eigenvalue weighted by Gasteiger charge is -2.06. The van der Waals surface area contributed by atoms with E-state index in [1.165, 1.54) is 116 Å². The van der Waals surface area contributed by atoms with Crippen molar-refractivity contribution in [2.45, 2.75) is 34.6 Å². The second-order valence-electron chi connectivity index (χ2n) is 29.9. The molecule has 13 aromatic heterocycles. The summed E-state index contributed by atoms with van der Waals surface area (Å²) in [6, 6.07) is 97.3. The maximum atomic E-state index is 6.27. The van der Waals surface area contributed by atoms with Gasteiger partial charge >= 0.3 is 0 Å². The van der Waals surface area contributed by atoms with Gasteiger partial charge in [0.1, 0.15) is 82.2 Å². The van der Waals surface area contributed by atoms with E-state index in [9.17, 15) is 0 Å². The highest BCUT2D eigenvalue weighted by Crippen LogP contribution is 2.42. The number of aryl methyl sites for hydroxylation is 10. The van der Waals surface area contributed by atoms with Gasteiger partial charge in [0.15, 0.2) is 42.4 Å². The van der Waals surface area contributed by atoms with Gasteiger partial charge in [-0.2, -0.15) is 13.5 Å². The van der Waals surface area contributed by atoms with Crippen LogP contribution in [0.15, 0.2) is 348 Å². The van der Waals surface area contributed by atoms with E-state index >= 15 is 0 Å². The van der Waals surface area contributed by atoms with Crippen molar-refractivity contribution >= 4 is 115 Å². The zero-order chi connectivity index (χ0) is 77.6. The molecule has 0 unspecified atom stereocenters. The molecule has 23 rings (SSSR count). The maximum absolute atomic E-state index is 6.27. The van der Waals surface area contributed by atoms with Gasteiger partial charge in [-0.15, -0.1) is 9.20 Å². The number of nitrogens with zero attached hydrogens (tertiary/aromatic N) is 10. The Morgan fingerprint density at radius 3 is 1.47 bits per heavy atom. The number of rotatable bonds is 5. The molecular formula is C101H85N10O3+5. The van der Waals surface area contributed by atoms with Crippen LogP contribution < -0.4 is 22.8 Å². The Morgan fingerprint density at radius 2 is 0.842 bits per heavy atom. The fraction of sp³-hybridized carbons (Fsp3) is 0.0990. The lowest BCUT2D eigenvalue weighted by Crippen LogP contribution is -2.36. The highest BCUT2D eigenvalue weighted by Gasteiger charge is 2.28. The molecular weight excluding hydrogens is 1400 g/mol. The Morgan fingerprint density at radius 1 is 0.325 bits per heavy atom. The van der Waals surface area contributed by atoms with Crippen LogP contribution in [-0.4, -0.2) is 22.3 Å². The summed E-state index contributed by atoms with van der Waals surface area (Å²) in [6.07, 6.45) is 19.3. The van der Waals surface area contributed by atoms with E-state index in [2.05, 4.69) is 407 Å². The van der Waals surface area contributed by atoms with Gasteiger partial charge in [0.05, 0.1) is 72.2 Å². The van der Waals surface area contributed by atoms with Crippen molar-refractivity contribution in [3.63, 3.8) is 0 Å². The summed E-state index contributed by atoms with van der Waals surface area (Å²) in [5.41, 5.74) is 31.2. The molecule has 0 saturated heterocycles. The normalized spacial score (nSPS) is 11.6. The molecule has 0 amide bonds. The molecule has 0 aliphatic heterocycles. The fourth-order valence-corrected chi connectivity index (χ4v) is 17.1. The van der Waals surface area contributed by atoms with E-state index in [1.54, 1.807) is 0 Å². The first kappa shape index (κ1) is 70.0. The van der Waals surface area contributed by atoms with E-state index < -0.39 is 0 Å². The number of imidazole rings is 2. The molecule has 0 spiro atoms. The van der Waals surface area contributed by atoms with E-state index in [1.807, 2.05) is 42.5 Å². The minimum absolute atomic E-state index is 0.933. The smallest absolute Gasteiger partial charge is 0.297 e. The molecule has 0 saturated carbocycles. The molecule has 552 valence electrons. The molecule has 13 heteroatoms. The number of para-hydroxylation sites is 5. The molecule has 10 aromatic carbocycles.